The molecule has 0 amide bonds. The van der Waals surface area contributed by atoms with Gasteiger partial charge in [0.15, 0.2) is 5.17 Å². The second kappa shape index (κ2) is 6.78. The molecule has 1 N–H and O–H groups in total. The van der Waals surface area contributed by atoms with Crippen molar-refractivity contribution in [2.75, 3.05) is 17.6 Å². The van der Waals surface area contributed by atoms with Crippen LogP contribution in [0.1, 0.15) is 26.7 Å². The third kappa shape index (κ3) is 3.56. The third-order valence-electron chi connectivity index (χ3n) is 3.82. The fraction of sp³-hybridized carbons (Fsp3) is 0.500. The highest BCUT2D eigenvalue weighted by Crippen LogP contribution is 2.37. The van der Waals surface area contributed by atoms with Crippen LogP contribution in [0, 0.1) is 5.41 Å². The van der Waals surface area contributed by atoms with Crippen LogP contribution in [0.2, 0.25) is 15.1 Å². The number of nitrogens with one attached hydrogen (secondary N) is 1. The molecule has 2 rings (SSSR count). The lowest BCUT2D eigenvalue weighted by Crippen LogP contribution is -2.32. The van der Waals surface area contributed by atoms with Crippen molar-refractivity contribution >= 4 is 57.4 Å². The van der Waals surface area contributed by atoms with Crippen molar-refractivity contribution in [3.05, 3.63) is 27.2 Å². The topological polar surface area (TPSA) is 24.4 Å². The average Bonchev–Trinajstić information content (AvgIpc) is 2.46. The summed E-state index contributed by atoms with van der Waals surface area (Å²) in [6.07, 6.45) is 2.31. The van der Waals surface area contributed by atoms with E-state index in [1.54, 1.807) is 23.9 Å². The number of rotatable bonds is 3. The first kappa shape index (κ1) is 16.3. The molecule has 1 heterocycles. The van der Waals surface area contributed by atoms with Gasteiger partial charge in [0.25, 0.3) is 0 Å². The molecule has 0 aromatic heterocycles. The maximum absolute atomic E-state index is 6.16. The van der Waals surface area contributed by atoms with Gasteiger partial charge in [-0.3, -0.25) is 4.99 Å². The van der Waals surface area contributed by atoms with Gasteiger partial charge in [0, 0.05) is 12.3 Å². The molecule has 0 saturated heterocycles. The molecule has 0 saturated carbocycles. The maximum Gasteiger partial charge on any atom is 0.161 e. The highest BCUT2D eigenvalue weighted by atomic mass is 35.5. The van der Waals surface area contributed by atoms with E-state index in [-0.39, 0.29) is 0 Å². The highest BCUT2D eigenvalue weighted by Gasteiger charge is 2.30. The first-order chi connectivity index (χ1) is 9.49. The zero-order valence-corrected chi connectivity index (χ0v) is 14.6. The van der Waals surface area contributed by atoms with Crippen LogP contribution in [0.15, 0.2) is 17.1 Å². The lowest BCUT2D eigenvalue weighted by atomic mass is 9.84. The van der Waals surface area contributed by atoms with Gasteiger partial charge >= 0.3 is 0 Å². The second-order valence-electron chi connectivity index (χ2n) is 4.99. The van der Waals surface area contributed by atoms with Crippen molar-refractivity contribution in [1.29, 1.82) is 0 Å². The summed E-state index contributed by atoms with van der Waals surface area (Å²) in [5.41, 5.74) is 1.07. The molecule has 0 aliphatic carbocycles. The Bertz CT molecular complexity index is 527. The van der Waals surface area contributed by atoms with Crippen LogP contribution in [-0.4, -0.2) is 17.5 Å². The summed E-state index contributed by atoms with van der Waals surface area (Å²) in [4.78, 5) is 4.65. The number of halogens is 3. The fourth-order valence-electron chi connectivity index (χ4n) is 2.04. The van der Waals surface area contributed by atoms with Crippen molar-refractivity contribution in [3.63, 3.8) is 0 Å². The normalized spacial score (nSPS) is 17.8. The number of aliphatic imine (C=N–C) groups is 1. The molecule has 0 radical (unpaired) electrons. The number of thioether (sulfide) groups is 1. The van der Waals surface area contributed by atoms with Crippen LogP contribution in [0.3, 0.4) is 0 Å². The standard InChI is InChI=1S/C14H17Cl3N2S/c1-3-14(4-2)7-18-13(20-8-14)19-12-6-10(16)9(15)5-11(12)17/h5-6H,3-4,7-8H2,1-2H3,(H,18,19). The highest BCUT2D eigenvalue weighted by molar-refractivity contribution is 8.14. The SMILES string of the molecule is CCC1(CC)CN=C(Nc2cc(Cl)c(Cl)cc2Cl)SC1. The van der Waals surface area contributed by atoms with Crippen molar-refractivity contribution in [2.24, 2.45) is 10.4 Å². The van der Waals surface area contributed by atoms with E-state index in [9.17, 15) is 0 Å². The lowest BCUT2D eigenvalue weighted by molar-refractivity contribution is 0.318. The molecule has 1 aliphatic rings. The molecule has 1 aromatic carbocycles. The minimum Gasteiger partial charge on any atom is -0.334 e. The summed E-state index contributed by atoms with van der Waals surface area (Å²) >= 11 is 19.8. The molecular weight excluding hydrogens is 335 g/mol. The van der Waals surface area contributed by atoms with E-state index in [1.807, 2.05) is 0 Å². The number of hydrogen-bond acceptors (Lipinski definition) is 3. The van der Waals surface area contributed by atoms with Gasteiger partial charge in [0.2, 0.25) is 0 Å². The van der Waals surface area contributed by atoms with E-state index >= 15 is 0 Å². The van der Waals surface area contributed by atoms with Crippen molar-refractivity contribution in [2.45, 2.75) is 26.7 Å². The molecule has 2 nitrogen and oxygen atoms in total. The predicted octanol–water partition coefficient (Wildman–Crippen LogP) is 5.97. The van der Waals surface area contributed by atoms with Gasteiger partial charge in [-0.15, -0.1) is 0 Å². The second-order valence-corrected chi connectivity index (χ2v) is 7.17. The van der Waals surface area contributed by atoms with Crippen LogP contribution in [0.25, 0.3) is 0 Å². The Labute approximate surface area is 139 Å². The molecule has 6 heteroatoms. The summed E-state index contributed by atoms with van der Waals surface area (Å²) in [6.45, 7) is 5.32. The summed E-state index contributed by atoms with van der Waals surface area (Å²) in [5, 5.41) is 5.62. The first-order valence-electron chi connectivity index (χ1n) is 6.58. The largest absolute Gasteiger partial charge is 0.334 e. The van der Waals surface area contributed by atoms with Gasteiger partial charge < -0.3 is 5.32 Å². The molecular formula is C14H17Cl3N2S. The quantitative estimate of drug-likeness (QED) is 0.679. The molecule has 0 atom stereocenters. The monoisotopic (exact) mass is 350 g/mol. The molecule has 1 aromatic rings. The zero-order valence-electron chi connectivity index (χ0n) is 11.5. The first-order valence-corrected chi connectivity index (χ1v) is 8.70. The van der Waals surface area contributed by atoms with Gasteiger partial charge in [0.05, 0.1) is 20.8 Å². The molecule has 0 fully saturated rings. The van der Waals surface area contributed by atoms with E-state index < -0.39 is 0 Å². The number of hydrogen-bond donors (Lipinski definition) is 1. The van der Waals surface area contributed by atoms with Gasteiger partial charge in [-0.25, -0.2) is 0 Å². The maximum atomic E-state index is 6.16. The number of nitrogens with zero attached hydrogens (tertiary/aromatic N) is 1. The van der Waals surface area contributed by atoms with Crippen LogP contribution in [0.4, 0.5) is 5.69 Å². The van der Waals surface area contributed by atoms with Crippen LogP contribution in [-0.2, 0) is 0 Å². The minimum absolute atomic E-state index is 0.331. The van der Waals surface area contributed by atoms with E-state index in [1.165, 1.54) is 0 Å². The molecule has 0 spiro atoms. The van der Waals surface area contributed by atoms with Crippen LogP contribution >= 0.6 is 46.6 Å². The fourth-order valence-corrected chi connectivity index (χ4v) is 3.91. The number of amidine groups is 1. The predicted molar refractivity (Wildman–Crippen MR) is 92.9 cm³/mol. The summed E-state index contributed by atoms with van der Waals surface area (Å²) < 4.78 is 0. The average molecular weight is 352 g/mol. The van der Waals surface area contributed by atoms with Crippen LogP contribution in [0.5, 0.6) is 0 Å². The Hall–Kier alpha value is -0.0900. The van der Waals surface area contributed by atoms with E-state index in [4.69, 9.17) is 34.8 Å². The summed E-state index contributed by atoms with van der Waals surface area (Å²) in [6, 6.07) is 3.38. The zero-order chi connectivity index (χ0) is 14.8. The van der Waals surface area contributed by atoms with Gasteiger partial charge in [-0.05, 0) is 30.4 Å². The van der Waals surface area contributed by atoms with Crippen LogP contribution < -0.4 is 5.32 Å². The van der Waals surface area contributed by atoms with E-state index in [2.05, 4.69) is 24.2 Å². The van der Waals surface area contributed by atoms with Gasteiger partial charge in [-0.1, -0.05) is 60.4 Å². The third-order valence-corrected chi connectivity index (χ3v) is 6.12. The lowest BCUT2D eigenvalue weighted by Gasteiger charge is -2.33. The molecule has 0 unspecified atom stereocenters. The molecule has 1 aliphatic heterocycles. The smallest absolute Gasteiger partial charge is 0.161 e. The number of anilines is 1. The minimum atomic E-state index is 0.331. The molecule has 110 valence electrons. The summed E-state index contributed by atoms with van der Waals surface area (Å²) in [5.74, 6) is 1.07. The van der Waals surface area contributed by atoms with Gasteiger partial charge in [-0.2, -0.15) is 0 Å². The Morgan fingerprint density at radius 3 is 2.35 bits per heavy atom. The molecule has 0 bridgehead atoms. The Kier molecular flexibility index (Phi) is 5.52. The van der Waals surface area contributed by atoms with E-state index in [0.717, 1.165) is 36.0 Å². The Balaban J connectivity index is 2.13. The van der Waals surface area contributed by atoms with Crippen molar-refractivity contribution < 1.29 is 0 Å². The molecule has 20 heavy (non-hydrogen) atoms. The summed E-state index contributed by atoms with van der Waals surface area (Å²) in [7, 11) is 0. The van der Waals surface area contributed by atoms with Crippen molar-refractivity contribution in [3.8, 4) is 0 Å². The van der Waals surface area contributed by atoms with Crippen molar-refractivity contribution in [1.82, 2.24) is 0 Å². The number of benzene rings is 1. The Morgan fingerprint density at radius 2 is 1.80 bits per heavy atom. The Morgan fingerprint density at radius 1 is 1.15 bits per heavy atom. The van der Waals surface area contributed by atoms with Gasteiger partial charge in [0.1, 0.15) is 0 Å². The van der Waals surface area contributed by atoms with E-state index in [0.29, 0.717) is 20.5 Å².